The monoisotopic (exact) mass is 378 g/mol. The van der Waals surface area contributed by atoms with Crippen LogP contribution in [0.3, 0.4) is 0 Å². The van der Waals surface area contributed by atoms with E-state index in [0.717, 1.165) is 28.4 Å². The summed E-state index contributed by atoms with van der Waals surface area (Å²) in [5.41, 5.74) is 3.10. The fraction of sp³-hybridized carbons (Fsp3) is 0.278. The van der Waals surface area contributed by atoms with Gasteiger partial charge in [-0.05, 0) is 24.1 Å². The van der Waals surface area contributed by atoms with Gasteiger partial charge < -0.3 is 9.72 Å². The Balaban J connectivity index is 1.65. The zero-order chi connectivity index (χ0) is 16.7. The highest BCUT2D eigenvalue weighted by molar-refractivity contribution is 7.99. The number of thioether (sulfide) groups is 1. The Kier molecular flexibility index (Phi) is 4.15. The quantitative estimate of drug-likeness (QED) is 0.463. The molecule has 6 heteroatoms. The number of halogens is 2. The molecule has 0 aliphatic heterocycles. The van der Waals surface area contributed by atoms with Crippen LogP contribution in [-0.4, -0.2) is 21.4 Å². The van der Waals surface area contributed by atoms with Gasteiger partial charge in [-0.25, -0.2) is 4.98 Å². The molecular formula is C18H16Cl2N2OS. The van der Waals surface area contributed by atoms with Crippen LogP contribution in [0, 0.1) is 5.92 Å². The molecule has 1 aliphatic rings. The van der Waals surface area contributed by atoms with Crippen LogP contribution >= 0.6 is 35.0 Å². The minimum atomic E-state index is -0.636. The van der Waals surface area contributed by atoms with Gasteiger partial charge in [0.05, 0.1) is 18.1 Å². The standard InChI is InChI=1S/C18H16Cl2N2OS/c1-23-12-7-8-14-15(9-12)22-17(21-14)24-16(13-10-18(13,19)20)11-5-3-2-4-6-11/h2-9,13,16H,10H2,1H3,(H,21,22). The van der Waals surface area contributed by atoms with Crippen molar-refractivity contribution in [3.05, 3.63) is 54.1 Å². The number of nitrogens with zero attached hydrogens (tertiary/aromatic N) is 1. The third-order valence-electron chi connectivity index (χ3n) is 4.27. The Bertz CT molecular complexity index is 866. The fourth-order valence-corrected chi connectivity index (χ4v) is 4.94. The van der Waals surface area contributed by atoms with Crippen molar-refractivity contribution in [3.63, 3.8) is 0 Å². The molecule has 4 rings (SSSR count). The number of nitrogens with one attached hydrogen (secondary N) is 1. The fourth-order valence-electron chi connectivity index (χ4n) is 2.86. The minimum Gasteiger partial charge on any atom is -0.497 e. The van der Waals surface area contributed by atoms with Crippen LogP contribution in [0.1, 0.15) is 17.2 Å². The summed E-state index contributed by atoms with van der Waals surface area (Å²) < 4.78 is 4.63. The third-order valence-corrected chi connectivity index (χ3v) is 6.41. The van der Waals surface area contributed by atoms with Crippen LogP contribution in [-0.2, 0) is 0 Å². The zero-order valence-electron chi connectivity index (χ0n) is 13.0. The first-order chi connectivity index (χ1) is 11.6. The topological polar surface area (TPSA) is 37.9 Å². The van der Waals surface area contributed by atoms with Crippen molar-refractivity contribution < 1.29 is 4.74 Å². The van der Waals surface area contributed by atoms with Crippen LogP contribution in [0.15, 0.2) is 53.7 Å². The molecule has 2 aromatic carbocycles. The molecule has 1 aromatic heterocycles. The average Bonchev–Trinajstić information content (AvgIpc) is 3.04. The normalized spacial score (nSPS) is 20.0. The van der Waals surface area contributed by atoms with E-state index >= 15 is 0 Å². The van der Waals surface area contributed by atoms with Gasteiger partial charge in [0.15, 0.2) is 5.16 Å². The zero-order valence-corrected chi connectivity index (χ0v) is 15.3. The SMILES string of the molecule is COc1ccc2nc(SC(c3ccccc3)C3CC3(Cl)Cl)[nH]c2c1. The van der Waals surface area contributed by atoms with Gasteiger partial charge in [-0.3, -0.25) is 0 Å². The van der Waals surface area contributed by atoms with Crippen molar-refractivity contribution in [1.82, 2.24) is 9.97 Å². The van der Waals surface area contributed by atoms with Gasteiger partial charge in [-0.15, -0.1) is 23.2 Å². The number of fused-ring (bicyclic) bond motifs is 1. The Labute approximate surface area is 154 Å². The number of rotatable bonds is 5. The smallest absolute Gasteiger partial charge is 0.166 e. The second-order valence-electron chi connectivity index (χ2n) is 5.95. The average molecular weight is 379 g/mol. The van der Waals surface area contributed by atoms with Crippen LogP contribution < -0.4 is 4.74 Å². The molecule has 3 nitrogen and oxygen atoms in total. The highest BCUT2D eigenvalue weighted by Crippen LogP contribution is 2.63. The van der Waals surface area contributed by atoms with Gasteiger partial charge in [-0.1, -0.05) is 42.1 Å². The molecule has 1 heterocycles. The molecule has 1 saturated carbocycles. The van der Waals surface area contributed by atoms with E-state index < -0.39 is 4.33 Å². The number of benzene rings is 2. The number of ether oxygens (including phenoxy) is 1. The van der Waals surface area contributed by atoms with Crippen molar-refractivity contribution >= 4 is 46.0 Å². The number of hydrogen-bond acceptors (Lipinski definition) is 3. The van der Waals surface area contributed by atoms with Gasteiger partial charge in [-0.2, -0.15) is 0 Å². The maximum atomic E-state index is 6.34. The molecule has 0 amide bonds. The van der Waals surface area contributed by atoms with E-state index in [1.165, 1.54) is 5.56 Å². The van der Waals surface area contributed by atoms with Crippen molar-refractivity contribution in [3.8, 4) is 5.75 Å². The summed E-state index contributed by atoms with van der Waals surface area (Å²) in [6, 6.07) is 16.1. The second-order valence-corrected chi connectivity index (χ2v) is 8.62. The predicted molar refractivity (Wildman–Crippen MR) is 100 cm³/mol. The molecule has 1 aliphatic carbocycles. The Morgan fingerprint density at radius 1 is 1.25 bits per heavy atom. The maximum Gasteiger partial charge on any atom is 0.166 e. The minimum absolute atomic E-state index is 0.170. The Morgan fingerprint density at radius 3 is 2.67 bits per heavy atom. The number of methoxy groups -OCH3 is 1. The van der Waals surface area contributed by atoms with Crippen LogP contribution in [0.2, 0.25) is 0 Å². The van der Waals surface area contributed by atoms with E-state index in [2.05, 4.69) is 22.1 Å². The van der Waals surface area contributed by atoms with Gasteiger partial charge in [0.1, 0.15) is 10.1 Å². The van der Waals surface area contributed by atoms with E-state index in [1.54, 1.807) is 18.9 Å². The number of H-pyrrole nitrogens is 1. The maximum absolute atomic E-state index is 6.34. The number of aromatic nitrogens is 2. The molecule has 124 valence electrons. The molecule has 1 fully saturated rings. The lowest BCUT2D eigenvalue weighted by molar-refractivity contribution is 0.415. The van der Waals surface area contributed by atoms with Crippen LogP contribution in [0.25, 0.3) is 11.0 Å². The summed E-state index contributed by atoms with van der Waals surface area (Å²) in [4.78, 5) is 8.04. The first-order valence-electron chi connectivity index (χ1n) is 7.70. The first-order valence-corrected chi connectivity index (χ1v) is 9.33. The Morgan fingerprint density at radius 2 is 2.00 bits per heavy atom. The predicted octanol–water partition coefficient (Wildman–Crippen LogP) is 5.60. The van der Waals surface area contributed by atoms with E-state index in [1.807, 2.05) is 36.4 Å². The second kappa shape index (κ2) is 6.17. The van der Waals surface area contributed by atoms with Gasteiger partial charge >= 0.3 is 0 Å². The molecule has 24 heavy (non-hydrogen) atoms. The molecule has 0 saturated heterocycles. The highest BCUT2D eigenvalue weighted by Gasteiger charge is 2.56. The highest BCUT2D eigenvalue weighted by atomic mass is 35.5. The molecule has 0 radical (unpaired) electrons. The van der Waals surface area contributed by atoms with Gasteiger partial charge in [0.25, 0.3) is 0 Å². The van der Waals surface area contributed by atoms with E-state index in [-0.39, 0.29) is 11.2 Å². The molecular weight excluding hydrogens is 363 g/mol. The Hall–Kier alpha value is -1.36. The van der Waals surface area contributed by atoms with Gasteiger partial charge in [0.2, 0.25) is 0 Å². The van der Waals surface area contributed by atoms with E-state index in [4.69, 9.17) is 27.9 Å². The van der Waals surface area contributed by atoms with Crippen LogP contribution in [0.5, 0.6) is 5.75 Å². The summed E-state index contributed by atoms with van der Waals surface area (Å²) >= 11 is 14.4. The number of hydrogen-bond donors (Lipinski definition) is 1. The summed E-state index contributed by atoms with van der Waals surface area (Å²) in [7, 11) is 1.66. The molecule has 0 bridgehead atoms. The number of imidazole rings is 1. The van der Waals surface area contributed by atoms with Crippen molar-refractivity contribution in [2.75, 3.05) is 7.11 Å². The summed E-state index contributed by atoms with van der Waals surface area (Å²) in [6.07, 6.45) is 0.802. The largest absolute Gasteiger partial charge is 0.497 e. The summed E-state index contributed by atoms with van der Waals surface area (Å²) in [6.45, 7) is 0. The summed E-state index contributed by atoms with van der Waals surface area (Å²) in [5, 5.41) is 1.03. The number of alkyl halides is 2. The lowest BCUT2D eigenvalue weighted by Gasteiger charge is -2.16. The van der Waals surface area contributed by atoms with Crippen LogP contribution in [0.4, 0.5) is 0 Å². The summed E-state index contributed by atoms with van der Waals surface area (Å²) in [5.74, 6) is 1.03. The lowest BCUT2D eigenvalue weighted by atomic mass is 10.1. The molecule has 2 atom stereocenters. The molecule has 0 spiro atoms. The molecule has 1 N–H and O–H groups in total. The van der Waals surface area contributed by atoms with E-state index in [9.17, 15) is 0 Å². The van der Waals surface area contributed by atoms with Crippen molar-refractivity contribution in [2.45, 2.75) is 21.2 Å². The van der Waals surface area contributed by atoms with Crippen molar-refractivity contribution in [1.29, 1.82) is 0 Å². The lowest BCUT2D eigenvalue weighted by Crippen LogP contribution is -2.02. The van der Waals surface area contributed by atoms with E-state index in [0.29, 0.717) is 0 Å². The number of aromatic amines is 1. The van der Waals surface area contributed by atoms with Gasteiger partial charge in [0, 0.05) is 17.2 Å². The third kappa shape index (κ3) is 3.10. The molecule has 2 unspecified atom stereocenters. The first kappa shape index (κ1) is 16.1. The van der Waals surface area contributed by atoms with Crippen molar-refractivity contribution in [2.24, 2.45) is 5.92 Å². The molecule has 3 aromatic rings.